The average molecular weight is 396 g/mol. The number of nitro groups is 1. The molecule has 0 saturated carbocycles. The fourth-order valence-electron chi connectivity index (χ4n) is 4.06. The summed E-state index contributed by atoms with van der Waals surface area (Å²) in [6, 6.07) is 26.9. The van der Waals surface area contributed by atoms with E-state index in [1.165, 1.54) is 11.6 Å². The van der Waals surface area contributed by atoms with Crippen LogP contribution < -0.4 is 10.1 Å². The lowest BCUT2D eigenvalue weighted by molar-refractivity contribution is -0.384. The van der Waals surface area contributed by atoms with Gasteiger partial charge in [0, 0.05) is 23.3 Å². The number of hydrogen-bond donors (Lipinski definition) is 1. The van der Waals surface area contributed by atoms with Crippen LogP contribution in [0.15, 0.2) is 84.9 Å². The zero-order valence-electron chi connectivity index (χ0n) is 16.4. The van der Waals surface area contributed by atoms with Gasteiger partial charge in [-0.1, -0.05) is 72.3 Å². The van der Waals surface area contributed by atoms with Crippen LogP contribution in [0, 0.1) is 17.0 Å². The Hall–Kier alpha value is -3.70. The molecule has 0 spiro atoms. The minimum absolute atomic E-state index is 0.0782. The molecule has 4 aromatic rings. The summed E-state index contributed by atoms with van der Waals surface area (Å²) >= 11 is 0. The van der Waals surface area contributed by atoms with Crippen LogP contribution in [-0.4, -0.2) is 4.92 Å². The first-order chi connectivity index (χ1) is 14.6. The maximum Gasteiger partial charge on any atom is 0.269 e. The van der Waals surface area contributed by atoms with Gasteiger partial charge in [0.1, 0.15) is 5.75 Å². The molecule has 2 atom stereocenters. The average Bonchev–Trinajstić information content (AvgIpc) is 2.78. The standard InChI is InChI=1S/C25H20N2O3/c1-16-9-11-18(12-10-16)25-26-24(19-6-4-7-20(15-19)27(28)29)23-21-8-3-2-5-17(21)13-14-22(23)30-25/h2-15,24-26H,1H3/t24-,25+/m1/s1. The van der Waals surface area contributed by atoms with Crippen LogP contribution in [0.3, 0.4) is 0 Å². The molecular weight excluding hydrogens is 376 g/mol. The third-order valence-electron chi connectivity index (χ3n) is 5.58. The van der Waals surface area contributed by atoms with Crippen LogP contribution in [0.4, 0.5) is 5.69 Å². The molecule has 148 valence electrons. The largest absolute Gasteiger partial charge is 0.471 e. The van der Waals surface area contributed by atoms with Gasteiger partial charge in [-0.15, -0.1) is 0 Å². The van der Waals surface area contributed by atoms with Crippen molar-refractivity contribution in [2.75, 3.05) is 0 Å². The second kappa shape index (κ2) is 7.28. The zero-order chi connectivity index (χ0) is 20.7. The minimum atomic E-state index is -0.358. The molecule has 0 radical (unpaired) electrons. The Kier molecular flexibility index (Phi) is 4.45. The van der Waals surface area contributed by atoms with E-state index >= 15 is 0 Å². The molecule has 5 heteroatoms. The summed E-state index contributed by atoms with van der Waals surface area (Å²) in [4.78, 5) is 11.0. The van der Waals surface area contributed by atoms with Gasteiger partial charge in [-0.05, 0) is 29.3 Å². The highest BCUT2D eigenvalue weighted by Crippen LogP contribution is 2.43. The van der Waals surface area contributed by atoms with E-state index in [0.717, 1.165) is 33.2 Å². The van der Waals surface area contributed by atoms with Crippen molar-refractivity contribution < 1.29 is 9.66 Å². The maximum atomic E-state index is 11.4. The van der Waals surface area contributed by atoms with Crippen molar-refractivity contribution in [2.24, 2.45) is 0 Å². The maximum absolute atomic E-state index is 11.4. The van der Waals surface area contributed by atoms with Gasteiger partial charge in [0.2, 0.25) is 0 Å². The van der Waals surface area contributed by atoms with Crippen molar-refractivity contribution in [1.82, 2.24) is 5.32 Å². The van der Waals surface area contributed by atoms with E-state index in [2.05, 4.69) is 35.6 Å². The minimum Gasteiger partial charge on any atom is -0.471 e. The Bertz CT molecular complexity index is 1250. The number of benzene rings is 4. The van der Waals surface area contributed by atoms with Crippen LogP contribution in [0.2, 0.25) is 0 Å². The van der Waals surface area contributed by atoms with E-state index in [1.807, 2.05) is 43.3 Å². The lowest BCUT2D eigenvalue weighted by atomic mass is 9.91. The number of nitrogens with zero attached hydrogens (tertiary/aromatic N) is 1. The number of fused-ring (bicyclic) bond motifs is 3. The van der Waals surface area contributed by atoms with Crippen molar-refractivity contribution in [1.29, 1.82) is 0 Å². The van der Waals surface area contributed by atoms with Gasteiger partial charge in [-0.2, -0.15) is 0 Å². The van der Waals surface area contributed by atoms with E-state index in [-0.39, 0.29) is 22.9 Å². The highest BCUT2D eigenvalue weighted by atomic mass is 16.6. The van der Waals surface area contributed by atoms with E-state index in [9.17, 15) is 10.1 Å². The molecule has 4 aromatic carbocycles. The van der Waals surface area contributed by atoms with Gasteiger partial charge in [-0.25, -0.2) is 0 Å². The topological polar surface area (TPSA) is 64.4 Å². The lowest BCUT2D eigenvalue weighted by Crippen LogP contribution is -2.35. The molecule has 0 aromatic heterocycles. The second-order valence-electron chi connectivity index (χ2n) is 7.56. The Morgan fingerprint density at radius 2 is 1.70 bits per heavy atom. The SMILES string of the molecule is Cc1ccc([C@H]2N[C@H](c3cccc([N+](=O)[O-])c3)c3c(ccc4ccccc34)O2)cc1. The quantitative estimate of drug-likeness (QED) is 0.350. The number of rotatable bonds is 3. The van der Waals surface area contributed by atoms with E-state index in [4.69, 9.17) is 4.74 Å². The van der Waals surface area contributed by atoms with Crippen LogP contribution >= 0.6 is 0 Å². The van der Waals surface area contributed by atoms with Gasteiger partial charge in [0.15, 0.2) is 6.23 Å². The molecule has 0 bridgehead atoms. The molecule has 0 fully saturated rings. The van der Waals surface area contributed by atoms with Crippen LogP contribution in [0.25, 0.3) is 10.8 Å². The predicted molar refractivity (Wildman–Crippen MR) is 117 cm³/mol. The van der Waals surface area contributed by atoms with Crippen molar-refractivity contribution in [3.05, 3.63) is 117 Å². The number of hydrogen-bond acceptors (Lipinski definition) is 4. The summed E-state index contributed by atoms with van der Waals surface area (Å²) in [5.74, 6) is 0.787. The van der Waals surface area contributed by atoms with Gasteiger partial charge >= 0.3 is 0 Å². The Morgan fingerprint density at radius 3 is 2.50 bits per heavy atom. The highest BCUT2D eigenvalue weighted by molar-refractivity contribution is 5.89. The molecule has 1 N–H and O–H groups in total. The lowest BCUT2D eigenvalue weighted by Gasteiger charge is -2.35. The first-order valence-electron chi connectivity index (χ1n) is 9.85. The molecule has 0 unspecified atom stereocenters. The predicted octanol–water partition coefficient (Wildman–Crippen LogP) is 5.83. The molecule has 5 rings (SSSR count). The van der Waals surface area contributed by atoms with Crippen molar-refractivity contribution in [3.8, 4) is 5.75 Å². The Labute approximate surface area is 174 Å². The van der Waals surface area contributed by atoms with Crippen molar-refractivity contribution in [2.45, 2.75) is 19.2 Å². The summed E-state index contributed by atoms with van der Waals surface area (Å²) in [5.41, 5.74) is 4.10. The number of nitrogens with one attached hydrogen (secondary N) is 1. The summed E-state index contributed by atoms with van der Waals surface area (Å²) in [5, 5.41) is 17.1. The molecule has 1 aliphatic heterocycles. The summed E-state index contributed by atoms with van der Waals surface area (Å²) in [6.45, 7) is 2.05. The highest BCUT2D eigenvalue weighted by Gasteiger charge is 2.31. The van der Waals surface area contributed by atoms with E-state index in [0.29, 0.717) is 0 Å². The first kappa shape index (κ1) is 18.3. The number of nitro benzene ring substituents is 1. The normalized spacial score (nSPS) is 17.9. The molecule has 5 nitrogen and oxygen atoms in total. The van der Waals surface area contributed by atoms with Crippen LogP contribution in [0.5, 0.6) is 5.75 Å². The second-order valence-corrected chi connectivity index (χ2v) is 7.56. The number of non-ortho nitro benzene ring substituents is 1. The monoisotopic (exact) mass is 396 g/mol. The summed E-state index contributed by atoms with van der Waals surface area (Å²) in [6.07, 6.45) is -0.358. The molecule has 30 heavy (non-hydrogen) atoms. The molecule has 0 amide bonds. The Morgan fingerprint density at radius 1 is 0.900 bits per heavy atom. The molecule has 1 aliphatic rings. The molecular formula is C25H20N2O3. The van der Waals surface area contributed by atoms with Crippen LogP contribution in [0.1, 0.15) is 34.5 Å². The van der Waals surface area contributed by atoms with Crippen molar-refractivity contribution >= 4 is 16.5 Å². The van der Waals surface area contributed by atoms with E-state index in [1.54, 1.807) is 12.1 Å². The van der Waals surface area contributed by atoms with Gasteiger partial charge in [0.25, 0.3) is 5.69 Å². The fraction of sp³-hybridized carbons (Fsp3) is 0.120. The number of ether oxygens (including phenoxy) is 1. The van der Waals surface area contributed by atoms with Crippen LogP contribution in [-0.2, 0) is 0 Å². The molecule has 0 aliphatic carbocycles. The smallest absolute Gasteiger partial charge is 0.269 e. The van der Waals surface area contributed by atoms with Crippen molar-refractivity contribution in [3.63, 3.8) is 0 Å². The van der Waals surface area contributed by atoms with Gasteiger partial charge < -0.3 is 4.74 Å². The van der Waals surface area contributed by atoms with Gasteiger partial charge in [-0.3, -0.25) is 15.4 Å². The summed E-state index contributed by atoms with van der Waals surface area (Å²) in [7, 11) is 0. The Balaban J connectivity index is 1.69. The summed E-state index contributed by atoms with van der Waals surface area (Å²) < 4.78 is 6.35. The third-order valence-corrected chi connectivity index (χ3v) is 5.58. The van der Waals surface area contributed by atoms with E-state index < -0.39 is 0 Å². The first-order valence-corrected chi connectivity index (χ1v) is 9.85. The molecule has 0 saturated heterocycles. The van der Waals surface area contributed by atoms with Gasteiger partial charge in [0.05, 0.1) is 11.0 Å². The fourth-order valence-corrected chi connectivity index (χ4v) is 4.06. The molecule has 1 heterocycles. The zero-order valence-corrected chi connectivity index (χ0v) is 16.4. The number of aryl methyl sites for hydroxylation is 1. The third kappa shape index (κ3) is 3.19.